The standard InChI is InChI=1S/C9H16N2O2/c1-7(5-8(2)10)6-11-3-4-13-9(11)12/h7H,2-6,10H2,1H3/t7-/m1/s1. The van der Waals surface area contributed by atoms with E-state index in [0.29, 0.717) is 31.3 Å². The van der Waals surface area contributed by atoms with Gasteiger partial charge in [0.25, 0.3) is 0 Å². The number of amides is 1. The van der Waals surface area contributed by atoms with Crippen LogP contribution in [0.25, 0.3) is 0 Å². The molecule has 1 rings (SSSR count). The summed E-state index contributed by atoms with van der Waals surface area (Å²) in [6, 6.07) is 0. The van der Waals surface area contributed by atoms with Gasteiger partial charge in [-0.1, -0.05) is 13.5 Å². The van der Waals surface area contributed by atoms with Gasteiger partial charge in [-0.15, -0.1) is 0 Å². The van der Waals surface area contributed by atoms with Crippen LogP contribution in [-0.4, -0.2) is 30.7 Å². The normalized spacial score (nSPS) is 18.5. The second-order valence-electron chi connectivity index (χ2n) is 3.53. The predicted molar refractivity (Wildman–Crippen MR) is 50.0 cm³/mol. The lowest BCUT2D eigenvalue weighted by atomic mass is 10.1. The van der Waals surface area contributed by atoms with Crippen LogP contribution in [0.2, 0.25) is 0 Å². The van der Waals surface area contributed by atoms with Crippen LogP contribution in [0.3, 0.4) is 0 Å². The fraction of sp³-hybridized carbons (Fsp3) is 0.667. The Morgan fingerprint density at radius 2 is 2.54 bits per heavy atom. The van der Waals surface area contributed by atoms with Crippen molar-refractivity contribution in [3.8, 4) is 0 Å². The van der Waals surface area contributed by atoms with Gasteiger partial charge in [0.2, 0.25) is 0 Å². The van der Waals surface area contributed by atoms with E-state index in [1.165, 1.54) is 0 Å². The molecule has 0 radical (unpaired) electrons. The van der Waals surface area contributed by atoms with Gasteiger partial charge in [0.15, 0.2) is 0 Å². The Morgan fingerprint density at radius 1 is 1.85 bits per heavy atom. The van der Waals surface area contributed by atoms with Crippen LogP contribution < -0.4 is 5.73 Å². The molecule has 1 aliphatic heterocycles. The van der Waals surface area contributed by atoms with Gasteiger partial charge >= 0.3 is 6.09 Å². The third-order valence-electron chi connectivity index (χ3n) is 1.99. The lowest BCUT2D eigenvalue weighted by Crippen LogP contribution is -2.29. The summed E-state index contributed by atoms with van der Waals surface area (Å²) in [7, 11) is 0. The van der Waals surface area contributed by atoms with Crippen molar-refractivity contribution in [2.75, 3.05) is 19.7 Å². The Labute approximate surface area is 78.3 Å². The molecule has 4 heteroatoms. The Morgan fingerprint density at radius 3 is 3.00 bits per heavy atom. The van der Waals surface area contributed by atoms with E-state index in [4.69, 9.17) is 10.5 Å². The van der Waals surface area contributed by atoms with E-state index in [9.17, 15) is 4.79 Å². The van der Waals surface area contributed by atoms with Crippen LogP contribution in [-0.2, 0) is 4.74 Å². The summed E-state index contributed by atoms with van der Waals surface area (Å²) in [6.45, 7) is 7.58. The Bertz CT molecular complexity index is 216. The van der Waals surface area contributed by atoms with Crippen LogP contribution in [0.15, 0.2) is 12.3 Å². The molecule has 2 N–H and O–H groups in total. The fourth-order valence-corrected chi connectivity index (χ4v) is 1.48. The molecule has 1 fully saturated rings. The minimum absolute atomic E-state index is 0.213. The van der Waals surface area contributed by atoms with Gasteiger partial charge in [0.1, 0.15) is 6.61 Å². The maximum atomic E-state index is 11.0. The second-order valence-corrected chi connectivity index (χ2v) is 3.53. The Hall–Kier alpha value is -1.19. The zero-order valence-corrected chi connectivity index (χ0v) is 7.95. The first-order valence-electron chi connectivity index (χ1n) is 4.44. The van der Waals surface area contributed by atoms with Crippen molar-refractivity contribution in [1.29, 1.82) is 0 Å². The maximum Gasteiger partial charge on any atom is 0.409 e. The molecule has 0 bridgehead atoms. The summed E-state index contributed by atoms with van der Waals surface area (Å²) < 4.78 is 4.80. The molecule has 0 aromatic heterocycles. The van der Waals surface area contributed by atoms with Crippen molar-refractivity contribution < 1.29 is 9.53 Å². The van der Waals surface area contributed by atoms with E-state index in [-0.39, 0.29) is 6.09 Å². The zero-order valence-electron chi connectivity index (χ0n) is 7.95. The summed E-state index contributed by atoms with van der Waals surface area (Å²) in [4.78, 5) is 12.7. The van der Waals surface area contributed by atoms with E-state index in [1.807, 2.05) is 6.92 Å². The van der Waals surface area contributed by atoms with Gasteiger partial charge in [0.05, 0.1) is 6.54 Å². The lowest BCUT2D eigenvalue weighted by molar-refractivity contribution is 0.155. The Kier molecular flexibility index (Phi) is 3.17. The highest BCUT2D eigenvalue weighted by Gasteiger charge is 2.23. The molecule has 0 saturated carbocycles. The molecule has 0 unspecified atom stereocenters. The number of nitrogens with two attached hydrogens (primary N) is 1. The minimum atomic E-state index is -0.213. The number of hydrogen-bond donors (Lipinski definition) is 1. The first-order chi connectivity index (χ1) is 6.09. The van der Waals surface area contributed by atoms with Crippen molar-refractivity contribution in [2.45, 2.75) is 13.3 Å². The first kappa shape index (κ1) is 9.89. The highest BCUT2D eigenvalue weighted by Crippen LogP contribution is 2.11. The van der Waals surface area contributed by atoms with E-state index in [2.05, 4.69) is 6.58 Å². The maximum absolute atomic E-state index is 11.0. The van der Waals surface area contributed by atoms with E-state index >= 15 is 0 Å². The Balaban J connectivity index is 2.30. The highest BCUT2D eigenvalue weighted by atomic mass is 16.6. The van der Waals surface area contributed by atoms with Crippen molar-refractivity contribution in [2.24, 2.45) is 11.7 Å². The van der Waals surface area contributed by atoms with Gasteiger partial charge in [0, 0.05) is 12.2 Å². The molecule has 0 aromatic rings. The van der Waals surface area contributed by atoms with Crippen LogP contribution in [0, 0.1) is 5.92 Å². The minimum Gasteiger partial charge on any atom is -0.448 e. The molecule has 1 saturated heterocycles. The van der Waals surface area contributed by atoms with Crippen LogP contribution in [0.5, 0.6) is 0 Å². The summed E-state index contributed by atoms with van der Waals surface area (Å²) in [6.07, 6.45) is 0.540. The summed E-state index contributed by atoms with van der Waals surface area (Å²) in [5.74, 6) is 0.350. The summed E-state index contributed by atoms with van der Waals surface area (Å²) in [5.41, 5.74) is 6.14. The number of carbonyl (C=O) groups is 1. The van der Waals surface area contributed by atoms with Crippen molar-refractivity contribution in [3.63, 3.8) is 0 Å². The molecular formula is C9H16N2O2. The molecular weight excluding hydrogens is 168 g/mol. The predicted octanol–water partition coefficient (Wildman–Crippen LogP) is 0.937. The number of carbonyl (C=O) groups excluding carboxylic acids is 1. The zero-order chi connectivity index (χ0) is 9.84. The number of cyclic esters (lactones) is 1. The molecule has 1 atom stereocenters. The third kappa shape index (κ3) is 2.97. The summed E-state index contributed by atoms with van der Waals surface area (Å²) >= 11 is 0. The topological polar surface area (TPSA) is 55.6 Å². The van der Waals surface area contributed by atoms with Crippen LogP contribution in [0.1, 0.15) is 13.3 Å². The van der Waals surface area contributed by atoms with E-state index in [1.54, 1.807) is 4.90 Å². The first-order valence-corrected chi connectivity index (χ1v) is 4.44. The van der Waals surface area contributed by atoms with Crippen LogP contribution >= 0.6 is 0 Å². The van der Waals surface area contributed by atoms with Gasteiger partial charge in [-0.25, -0.2) is 4.79 Å². The second kappa shape index (κ2) is 4.16. The molecule has 1 heterocycles. The fourth-order valence-electron chi connectivity index (χ4n) is 1.48. The number of allylic oxidation sites excluding steroid dienone is 1. The smallest absolute Gasteiger partial charge is 0.409 e. The van der Waals surface area contributed by atoms with Gasteiger partial charge < -0.3 is 15.4 Å². The van der Waals surface area contributed by atoms with Crippen molar-refractivity contribution in [3.05, 3.63) is 12.3 Å². The van der Waals surface area contributed by atoms with Gasteiger partial charge in [-0.05, 0) is 12.3 Å². The molecule has 74 valence electrons. The molecule has 1 aliphatic rings. The largest absolute Gasteiger partial charge is 0.448 e. The molecule has 0 aromatic carbocycles. The molecule has 1 amide bonds. The number of hydrogen-bond acceptors (Lipinski definition) is 3. The van der Waals surface area contributed by atoms with E-state index < -0.39 is 0 Å². The monoisotopic (exact) mass is 184 g/mol. The number of ether oxygens (including phenoxy) is 1. The molecule has 0 spiro atoms. The lowest BCUT2D eigenvalue weighted by Gasteiger charge is -2.17. The SMILES string of the molecule is C=C(N)C[C@@H](C)CN1CCOC1=O. The quantitative estimate of drug-likeness (QED) is 0.707. The van der Waals surface area contributed by atoms with E-state index in [0.717, 1.165) is 6.42 Å². The molecule has 4 nitrogen and oxygen atoms in total. The molecule has 13 heavy (non-hydrogen) atoms. The van der Waals surface area contributed by atoms with Crippen molar-refractivity contribution >= 4 is 6.09 Å². The van der Waals surface area contributed by atoms with Gasteiger partial charge in [-0.2, -0.15) is 0 Å². The highest BCUT2D eigenvalue weighted by molar-refractivity contribution is 5.69. The number of rotatable bonds is 4. The average Bonchev–Trinajstić information content (AvgIpc) is 2.34. The van der Waals surface area contributed by atoms with Crippen molar-refractivity contribution in [1.82, 2.24) is 4.90 Å². The summed E-state index contributed by atoms with van der Waals surface area (Å²) in [5, 5.41) is 0. The average molecular weight is 184 g/mol. The van der Waals surface area contributed by atoms with Gasteiger partial charge in [-0.3, -0.25) is 0 Å². The number of nitrogens with zero attached hydrogens (tertiary/aromatic N) is 1. The molecule has 0 aliphatic carbocycles. The third-order valence-corrected chi connectivity index (χ3v) is 1.99. The van der Waals surface area contributed by atoms with Crippen LogP contribution in [0.4, 0.5) is 4.79 Å².